The van der Waals surface area contributed by atoms with E-state index in [9.17, 15) is 0 Å². The topological polar surface area (TPSA) is 39.9 Å². The van der Waals surface area contributed by atoms with Crippen molar-refractivity contribution in [3.05, 3.63) is 53.7 Å². The standard InChI is InChI=1S/C15H15N3/c1-3-18(14-9-7-12(2)8-10-14)15-6-4-5-13(11-16)17-15/h4-10H,3H2,1-2H3. The van der Waals surface area contributed by atoms with Gasteiger partial charge in [0.2, 0.25) is 0 Å². The highest BCUT2D eigenvalue weighted by Crippen LogP contribution is 2.23. The van der Waals surface area contributed by atoms with Gasteiger partial charge in [-0.15, -0.1) is 0 Å². The van der Waals surface area contributed by atoms with Crippen LogP contribution in [0.25, 0.3) is 0 Å². The minimum absolute atomic E-state index is 0.443. The highest BCUT2D eigenvalue weighted by atomic mass is 15.2. The van der Waals surface area contributed by atoms with Crippen LogP contribution in [0, 0.1) is 18.3 Å². The Balaban J connectivity index is 2.39. The number of aryl methyl sites for hydroxylation is 1. The second kappa shape index (κ2) is 5.33. The van der Waals surface area contributed by atoms with Gasteiger partial charge < -0.3 is 4.90 Å². The Hall–Kier alpha value is -2.34. The Labute approximate surface area is 107 Å². The number of aromatic nitrogens is 1. The number of rotatable bonds is 3. The van der Waals surface area contributed by atoms with E-state index in [0.717, 1.165) is 18.1 Å². The predicted molar refractivity (Wildman–Crippen MR) is 72.8 cm³/mol. The average Bonchev–Trinajstić information content (AvgIpc) is 2.42. The molecular weight excluding hydrogens is 222 g/mol. The molecule has 2 aromatic rings. The van der Waals surface area contributed by atoms with Gasteiger partial charge in [0, 0.05) is 12.2 Å². The summed E-state index contributed by atoms with van der Waals surface area (Å²) in [5.41, 5.74) is 2.76. The molecule has 3 nitrogen and oxygen atoms in total. The van der Waals surface area contributed by atoms with Gasteiger partial charge in [0.1, 0.15) is 17.6 Å². The molecule has 0 atom stereocenters. The van der Waals surface area contributed by atoms with Crippen LogP contribution in [0.4, 0.5) is 11.5 Å². The third-order valence-electron chi connectivity index (χ3n) is 2.79. The molecule has 18 heavy (non-hydrogen) atoms. The number of pyridine rings is 1. The molecule has 0 aliphatic rings. The SMILES string of the molecule is CCN(c1ccc(C)cc1)c1cccc(C#N)n1. The third kappa shape index (κ3) is 2.49. The lowest BCUT2D eigenvalue weighted by Gasteiger charge is -2.22. The lowest BCUT2D eigenvalue weighted by Crippen LogP contribution is -2.17. The van der Waals surface area contributed by atoms with Crippen LogP contribution in [-0.4, -0.2) is 11.5 Å². The van der Waals surface area contributed by atoms with Crippen molar-refractivity contribution in [1.82, 2.24) is 4.98 Å². The Kier molecular flexibility index (Phi) is 3.59. The predicted octanol–water partition coefficient (Wildman–Crippen LogP) is 3.42. The molecule has 0 unspecified atom stereocenters. The summed E-state index contributed by atoms with van der Waals surface area (Å²) in [5.74, 6) is 0.806. The molecule has 0 saturated carbocycles. The zero-order chi connectivity index (χ0) is 13.0. The van der Waals surface area contributed by atoms with E-state index in [-0.39, 0.29) is 0 Å². The molecule has 0 bridgehead atoms. The zero-order valence-corrected chi connectivity index (χ0v) is 10.6. The minimum atomic E-state index is 0.443. The Morgan fingerprint density at radius 2 is 1.89 bits per heavy atom. The molecule has 0 fully saturated rings. The molecule has 3 heteroatoms. The van der Waals surface area contributed by atoms with Crippen LogP contribution >= 0.6 is 0 Å². The van der Waals surface area contributed by atoms with Crippen LogP contribution in [-0.2, 0) is 0 Å². The van der Waals surface area contributed by atoms with Gasteiger partial charge >= 0.3 is 0 Å². The van der Waals surface area contributed by atoms with Gasteiger partial charge in [-0.05, 0) is 38.1 Å². The van der Waals surface area contributed by atoms with Gasteiger partial charge in [-0.2, -0.15) is 5.26 Å². The normalized spacial score (nSPS) is 9.83. The summed E-state index contributed by atoms with van der Waals surface area (Å²) in [6.45, 7) is 4.94. The first-order valence-electron chi connectivity index (χ1n) is 5.96. The van der Waals surface area contributed by atoms with Crippen molar-refractivity contribution in [3.63, 3.8) is 0 Å². The van der Waals surface area contributed by atoms with E-state index in [4.69, 9.17) is 5.26 Å². The maximum atomic E-state index is 8.89. The first kappa shape index (κ1) is 12.1. The first-order chi connectivity index (χ1) is 8.74. The zero-order valence-electron chi connectivity index (χ0n) is 10.6. The van der Waals surface area contributed by atoms with Crippen molar-refractivity contribution in [2.75, 3.05) is 11.4 Å². The van der Waals surface area contributed by atoms with Crippen molar-refractivity contribution < 1.29 is 0 Å². The number of anilines is 2. The largest absolute Gasteiger partial charge is 0.327 e. The molecule has 0 spiro atoms. The van der Waals surface area contributed by atoms with Crippen LogP contribution in [0.3, 0.4) is 0 Å². The Morgan fingerprint density at radius 1 is 1.17 bits per heavy atom. The molecule has 0 saturated heterocycles. The molecule has 2 rings (SSSR count). The van der Waals surface area contributed by atoms with E-state index < -0.39 is 0 Å². The van der Waals surface area contributed by atoms with Gasteiger partial charge in [-0.3, -0.25) is 0 Å². The van der Waals surface area contributed by atoms with E-state index in [1.54, 1.807) is 6.07 Å². The van der Waals surface area contributed by atoms with E-state index >= 15 is 0 Å². The highest BCUT2D eigenvalue weighted by molar-refractivity contribution is 5.60. The van der Waals surface area contributed by atoms with Gasteiger partial charge in [-0.25, -0.2) is 4.98 Å². The minimum Gasteiger partial charge on any atom is -0.327 e. The maximum absolute atomic E-state index is 8.89. The molecule has 0 aliphatic carbocycles. The molecule has 0 aliphatic heterocycles. The lowest BCUT2D eigenvalue weighted by molar-refractivity contribution is 0.985. The Morgan fingerprint density at radius 3 is 2.50 bits per heavy atom. The second-order valence-corrected chi connectivity index (χ2v) is 4.07. The van der Waals surface area contributed by atoms with Crippen molar-refractivity contribution in [2.45, 2.75) is 13.8 Å². The van der Waals surface area contributed by atoms with E-state index in [1.165, 1.54) is 5.56 Å². The number of hydrogen-bond donors (Lipinski definition) is 0. The first-order valence-corrected chi connectivity index (χ1v) is 5.96. The molecule has 0 N–H and O–H groups in total. The van der Waals surface area contributed by atoms with Crippen molar-refractivity contribution in [3.8, 4) is 6.07 Å². The van der Waals surface area contributed by atoms with Gasteiger partial charge in [0.25, 0.3) is 0 Å². The van der Waals surface area contributed by atoms with Crippen molar-refractivity contribution >= 4 is 11.5 Å². The fraction of sp³-hybridized carbons (Fsp3) is 0.200. The summed E-state index contributed by atoms with van der Waals surface area (Å²) in [5, 5.41) is 8.89. The molecule has 0 radical (unpaired) electrons. The Bertz CT molecular complexity index is 567. The molecule has 1 heterocycles. The van der Waals surface area contributed by atoms with Gasteiger partial charge in [0.05, 0.1) is 0 Å². The van der Waals surface area contributed by atoms with Crippen LogP contribution in [0.1, 0.15) is 18.2 Å². The van der Waals surface area contributed by atoms with Crippen molar-refractivity contribution in [2.24, 2.45) is 0 Å². The van der Waals surface area contributed by atoms with Gasteiger partial charge in [-0.1, -0.05) is 23.8 Å². The van der Waals surface area contributed by atoms with Crippen LogP contribution in [0.5, 0.6) is 0 Å². The molecular formula is C15H15N3. The smallest absolute Gasteiger partial charge is 0.142 e. The van der Waals surface area contributed by atoms with Crippen LogP contribution < -0.4 is 4.90 Å². The lowest BCUT2D eigenvalue weighted by atomic mass is 10.2. The molecule has 0 amide bonds. The molecule has 1 aromatic carbocycles. The fourth-order valence-corrected chi connectivity index (χ4v) is 1.84. The number of hydrogen-bond acceptors (Lipinski definition) is 3. The van der Waals surface area contributed by atoms with E-state index in [1.807, 2.05) is 12.1 Å². The summed E-state index contributed by atoms with van der Waals surface area (Å²) >= 11 is 0. The van der Waals surface area contributed by atoms with E-state index in [2.05, 4.69) is 54.1 Å². The van der Waals surface area contributed by atoms with Crippen molar-refractivity contribution in [1.29, 1.82) is 5.26 Å². The summed E-state index contributed by atoms with van der Waals surface area (Å²) in [7, 11) is 0. The van der Waals surface area contributed by atoms with Crippen LogP contribution in [0.2, 0.25) is 0 Å². The summed E-state index contributed by atoms with van der Waals surface area (Å²) in [6, 6.07) is 15.9. The quantitative estimate of drug-likeness (QED) is 0.821. The van der Waals surface area contributed by atoms with Crippen LogP contribution in [0.15, 0.2) is 42.5 Å². The molecule has 1 aromatic heterocycles. The van der Waals surface area contributed by atoms with E-state index in [0.29, 0.717) is 5.69 Å². The molecule has 90 valence electrons. The summed E-state index contributed by atoms with van der Waals surface area (Å²) in [4.78, 5) is 6.41. The second-order valence-electron chi connectivity index (χ2n) is 4.07. The van der Waals surface area contributed by atoms with Gasteiger partial charge in [0.15, 0.2) is 0 Å². The summed E-state index contributed by atoms with van der Waals surface area (Å²) in [6.07, 6.45) is 0. The maximum Gasteiger partial charge on any atom is 0.142 e. The summed E-state index contributed by atoms with van der Waals surface area (Å²) < 4.78 is 0. The number of nitrogens with zero attached hydrogens (tertiary/aromatic N) is 3. The number of benzene rings is 1. The average molecular weight is 237 g/mol. The fourth-order valence-electron chi connectivity index (χ4n) is 1.84. The number of nitriles is 1. The monoisotopic (exact) mass is 237 g/mol. The third-order valence-corrected chi connectivity index (χ3v) is 2.79. The highest BCUT2D eigenvalue weighted by Gasteiger charge is 2.08.